The SMILES string of the molecule is Cc1cc(C(=O)c2ccccc2)ccc1OC(=O)c1ccc(Br)cc1. The van der Waals surface area contributed by atoms with Crippen LogP contribution in [-0.4, -0.2) is 11.8 Å². The molecule has 25 heavy (non-hydrogen) atoms. The van der Waals surface area contributed by atoms with Crippen LogP contribution in [0.3, 0.4) is 0 Å². The van der Waals surface area contributed by atoms with Crippen LogP contribution in [0.4, 0.5) is 0 Å². The van der Waals surface area contributed by atoms with Crippen LogP contribution in [0, 0.1) is 6.92 Å². The number of carbonyl (C=O) groups is 2. The van der Waals surface area contributed by atoms with E-state index in [1.807, 2.05) is 25.1 Å². The van der Waals surface area contributed by atoms with E-state index in [2.05, 4.69) is 15.9 Å². The smallest absolute Gasteiger partial charge is 0.343 e. The molecule has 0 N–H and O–H groups in total. The summed E-state index contributed by atoms with van der Waals surface area (Å²) in [6.45, 7) is 1.81. The zero-order valence-electron chi connectivity index (χ0n) is 13.5. The Bertz CT molecular complexity index is 916. The lowest BCUT2D eigenvalue weighted by atomic mass is 10.0. The molecule has 0 atom stereocenters. The van der Waals surface area contributed by atoms with Gasteiger partial charge in [-0.3, -0.25) is 4.79 Å². The largest absolute Gasteiger partial charge is 0.423 e. The highest BCUT2D eigenvalue weighted by molar-refractivity contribution is 9.10. The van der Waals surface area contributed by atoms with Crippen molar-refractivity contribution in [2.75, 3.05) is 0 Å². The molecule has 0 aromatic heterocycles. The van der Waals surface area contributed by atoms with Crippen molar-refractivity contribution in [3.05, 3.63) is 99.5 Å². The first-order valence-electron chi connectivity index (χ1n) is 7.73. The summed E-state index contributed by atoms with van der Waals surface area (Å²) < 4.78 is 6.34. The number of rotatable bonds is 4. The number of hydrogen-bond acceptors (Lipinski definition) is 3. The third kappa shape index (κ3) is 4.03. The first-order chi connectivity index (χ1) is 12.0. The summed E-state index contributed by atoms with van der Waals surface area (Å²) in [6.07, 6.45) is 0. The van der Waals surface area contributed by atoms with E-state index in [1.54, 1.807) is 54.6 Å². The van der Waals surface area contributed by atoms with Crippen LogP contribution in [-0.2, 0) is 0 Å². The Morgan fingerprint density at radius 3 is 2.08 bits per heavy atom. The molecule has 0 radical (unpaired) electrons. The van der Waals surface area contributed by atoms with Crippen molar-refractivity contribution >= 4 is 27.7 Å². The van der Waals surface area contributed by atoms with Crippen LogP contribution >= 0.6 is 15.9 Å². The molecular weight excluding hydrogens is 380 g/mol. The second kappa shape index (κ2) is 7.45. The lowest BCUT2D eigenvalue weighted by Gasteiger charge is -2.09. The van der Waals surface area contributed by atoms with Crippen molar-refractivity contribution in [3.63, 3.8) is 0 Å². The number of aryl methyl sites for hydroxylation is 1. The normalized spacial score (nSPS) is 10.3. The average Bonchev–Trinajstić information content (AvgIpc) is 2.64. The lowest BCUT2D eigenvalue weighted by molar-refractivity contribution is 0.0733. The minimum atomic E-state index is -0.433. The van der Waals surface area contributed by atoms with Gasteiger partial charge in [-0.05, 0) is 55.0 Å². The third-order valence-electron chi connectivity index (χ3n) is 3.76. The van der Waals surface area contributed by atoms with E-state index in [9.17, 15) is 9.59 Å². The maximum Gasteiger partial charge on any atom is 0.343 e. The van der Waals surface area contributed by atoms with Gasteiger partial charge in [0.05, 0.1) is 5.56 Å². The standard InChI is InChI=1S/C21H15BrO3/c1-14-13-17(20(23)15-5-3-2-4-6-15)9-12-19(14)25-21(24)16-7-10-18(22)11-8-16/h2-13H,1H3. The predicted molar refractivity (Wildman–Crippen MR) is 100 cm³/mol. The first kappa shape index (κ1) is 17.1. The van der Waals surface area contributed by atoms with Crippen molar-refractivity contribution in [1.29, 1.82) is 0 Å². The summed E-state index contributed by atoms with van der Waals surface area (Å²) in [6, 6.07) is 21.1. The maximum atomic E-state index is 12.5. The van der Waals surface area contributed by atoms with Crippen molar-refractivity contribution in [2.45, 2.75) is 6.92 Å². The highest BCUT2D eigenvalue weighted by Gasteiger charge is 2.13. The Hall–Kier alpha value is -2.72. The van der Waals surface area contributed by atoms with Gasteiger partial charge in [0, 0.05) is 15.6 Å². The number of carbonyl (C=O) groups excluding carboxylic acids is 2. The number of esters is 1. The summed E-state index contributed by atoms with van der Waals surface area (Å²) in [4.78, 5) is 24.7. The molecule has 124 valence electrons. The molecule has 0 unspecified atom stereocenters. The fourth-order valence-electron chi connectivity index (χ4n) is 2.41. The van der Waals surface area contributed by atoms with Gasteiger partial charge in [0.1, 0.15) is 5.75 Å². The van der Waals surface area contributed by atoms with E-state index in [1.165, 1.54) is 0 Å². The van der Waals surface area contributed by atoms with Crippen LogP contribution in [0.15, 0.2) is 77.3 Å². The number of ketones is 1. The number of ether oxygens (including phenoxy) is 1. The molecule has 0 fully saturated rings. The lowest BCUT2D eigenvalue weighted by Crippen LogP contribution is -2.10. The number of hydrogen-bond donors (Lipinski definition) is 0. The van der Waals surface area contributed by atoms with Crippen LogP contribution < -0.4 is 4.74 Å². The van der Waals surface area contributed by atoms with E-state index in [-0.39, 0.29) is 5.78 Å². The van der Waals surface area contributed by atoms with Gasteiger partial charge in [-0.25, -0.2) is 4.79 Å². The van der Waals surface area contributed by atoms with E-state index >= 15 is 0 Å². The summed E-state index contributed by atoms with van der Waals surface area (Å²) in [5.41, 5.74) is 2.38. The molecule has 3 rings (SSSR count). The fraction of sp³-hybridized carbons (Fsp3) is 0.0476. The fourth-order valence-corrected chi connectivity index (χ4v) is 2.67. The minimum Gasteiger partial charge on any atom is -0.423 e. The quantitative estimate of drug-likeness (QED) is 0.346. The van der Waals surface area contributed by atoms with Gasteiger partial charge < -0.3 is 4.74 Å². The van der Waals surface area contributed by atoms with Gasteiger partial charge in [-0.2, -0.15) is 0 Å². The van der Waals surface area contributed by atoms with E-state index in [4.69, 9.17) is 4.74 Å². The second-order valence-electron chi connectivity index (χ2n) is 5.57. The molecule has 0 amide bonds. The zero-order chi connectivity index (χ0) is 17.8. The molecule has 0 aliphatic carbocycles. The Morgan fingerprint density at radius 1 is 0.800 bits per heavy atom. The summed E-state index contributed by atoms with van der Waals surface area (Å²) in [5.74, 6) is -0.0512. The van der Waals surface area contributed by atoms with Crippen LogP contribution in [0.5, 0.6) is 5.75 Å². The molecule has 0 bridgehead atoms. The van der Waals surface area contributed by atoms with Crippen LogP contribution in [0.2, 0.25) is 0 Å². The van der Waals surface area contributed by atoms with Gasteiger partial charge in [0.15, 0.2) is 5.78 Å². The highest BCUT2D eigenvalue weighted by Crippen LogP contribution is 2.22. The van der Waals surface area contributed by atoms with Gasteiger partial charge in [0.25, 0.3) is 0 Å². The Labute approximate surface area is 154 Å². The van der Waals surface area contributed by atoms with Crippen molar-refractivity contribution < 1.29 is 14.3 Å². The Morgan fingerprint density at radius 2 is 1.44 bits per heavy atom. The molecule has 0 aliphatic rings. The van der Waals surface area contributed by atoms with Crippen molar-refractivity contribution in [3.8, 4) is 5.75 Å². The van der Waals surface area contributed by atoms with Crippen LogP contribution in [0.25, 0.3) is 0 Å². The molecular formula is C21H15BrO3. The number of halogens is 1. The topological polar surface area (TPSA) is 43.4 Å². The van der Waals surface area contributed by atoms with E-state index in [0.717, 1.165) is 10.0 Å². The molecule has 3 nitrogen and oxygen atoms in total. The Kier molecular flexibility index (Phi) is 5.10. The van der Waals surface area contributed by atoms with Gasteiger partial charge in [0.2, 0.25) is 0 Å². The maximum absolute atomic E-state index is 12.5. The monoisotopic (exact) mass is 394 g/mol. The molecule has 3 aromatic rings. The van der Waals surface area contributed by atoms with Crippen molar-refractivity contribution in [2.24, 2.45) is 0 Å². The zero-order valence-corrected chi connectivity index (χ0v) is 15.1. The first-order valence-corrected chi connectivity index (χ1v) is 8.52. The van der Waals surface area contributed by atoms with Gasteiger partial charge >= 0.3 is 5.97 Å². The highest BCUT2D eigenvalue weighted by atomic mass is 79.9. The summed E-state index contributed by atoms with van der Waals surface area (Å²) >= 11 is 3.33. The molecule has 0 heterocycles. The van der Waals surface area contributed by atoms with E-state index in [0.29, 0.717) is 22.4 Å². The van der Waals surface area contributed by atoms with Crippen molar-refractivity contribution in [1.82, 2.24) is 0 Å². The van der Waals surface area contributed by atoms with E-state index < -0.39 is 5.97 Å². The third-order valence-corrected chi connectivity index (χ3v) is 4.28. The molecule has 0 saturated heterocycles. The summed E-state index contributed by atoms with van der Waals surface area (Å²) in [5, 5.41) is 0. The molecule has 3 aromatic carbocycles. The van der Waals surface area contributed by atoms with Gasteiger partial charge in [-0.15, -0.1) is 0 Å². The minimum absolute atomic E-state index is 0.0607. The summed E-state index contributed by atoms with van der Waals surface area (Å²) in [7, 11) is 0. The molecule has 4 heteroatoms. The molecule has 0 saturated carbocycles. The second-order valence-corrected chi connectivity index (χ2v) is 6.49. The number of benzene rings is 3. The van der Waals surface area contributed by atoms with Gasteiger partial charge in [-0.1, -0.05) is 46.3 Å². The Balaban J connectivity index is 1.79. The molecule has 0 spiro atoms. The average molecular weight is 395 g/mol. The predicted octanol–water partition coefficient (Wildman–Crippen LogP) is 5.21. The molecule has 0 aliphatic heterocycles. The van der Waals surface area contributed by atoms with Crippen LogP contribution in [0.1, 0.15) is 31.8 Å².